The number of anilines is 1. The van der Waals surface area contributed by atoms with E-state index in [0.29, 0.717) is 22.8 Å². The topological polar surface area (TPSA) is 70.0 Å². The van der Waals surface area contributed by atoms with Crippen LogP contribution in [0.25, 0.3) is 0 Å². The lowest BCUT2D eigenvalue weighted by atomic mass is 10.1. The van der Waals surface area contributed by atoms with Crippen LogP contribution in [0, 0.1) is 11.6 Å². The molecule has 0 aromatic heterocycles. The molecule has 0 spiro atoms. The molecule has 0 saturated carbocycles. The SMILES string of the molecule is CN(Cc1ccc(F)c(F)c1)C(=O)c1ccc2c(c1)SC1=NS(=O)(=O)CCN12. The number of amidine groups is 1. The summed E-state index contributed by atoms with van der Waals surface area (Å²) < 4.78 is 53.6. The second-order valence-corrected chi connectivity index (χ2v) is 9.27. The van der Waals surface area contributed by atoms with Gasteiger partial charge >= 0.3 is 0 Å². The highest BCUT2D eigenvalue weighted by atomic mass is 32.2. The molecule has 4 rings (SSSR count). The van der Waals surface area contributed by atoms with Crippen LogP contribution in [0.4, 0.5) is 14.5 Å². The zero-order valence-electron chi connectivity index (χ0n) is 14.7. The van der Waals surface area contributed by atoms with E-state index in [0.717, 1.165) is 22.7 Å². The van der Waals surface area contributed by atoms with Crippen molar-refractivity contribution in [3.8, 4) is 0 Å². The van der Waals surface area contributed by atoms with Gasteiger partial charge in [-0.2, -0.15) is 0 Å². The normalized spacial score (nSPS) is 17.0. The van der Waals surface area contributed by atoms with Gasteiger partial charge in [0.05, 0.1) is 11.4 Å². The van der Waals surface area contributed by atoms with E-state index < -0.39 is 21.7 Å². The molecule has 6 nitrogen and oxygen atoms in total. The number of hydrogen-bond donors (Lipinski definition) is 0. The quantitative estimate of drug-likeness (QED) is 0.759. The molecule has 2 aromatic rings. The van der Waals surface area contributed by atoms with Crippen LogP contribution in [0.1, 0.15) is 15.9 Å². The average Bonchev–Trinajstić information content (AvgIpc) is 2.99. The molecule has 0 radical (unpaired) electrons. The van der Waals surface area contributed by atoms with Gasteiger partial charge in [-0.05, 0) is 47.7 Å². The van der Waals surface area contributed by atoms with Gasteiger partial charge in [-0.3, -0.25) is 4.79 Å². The first-order chi connectivity index (χ1) is 13.2. The fourth-order valence-corrected chi connectivity index (χ4v) is 5.36. The maximum absolute atomic E-state index is 13.4. The van der Waals surface area contributed by atoms with Crippen LogP contribution in [-0.4, -0.2) is 43.7 Å². The van der Waals surface area contributed by atoms with Crippen molar-refractivity contribution in [1.29, 1.82) is 0 Å². The molecule has 1 amide bonds. The highest BCUT2D eigenvalue weighted by Crippen LogP contribution is 2.42. The number of sulfonamides is 1. The van der Waals surface area contributed by atoms with E-state index in [1.54, 1.807) is 25.2 Å². The molecule has 146 valence electrons. The largest absolute Gasteiger partial charge is 0.337 e. The highest BCUT2D eigenvalue weighted by molar-refractivity contribution is 8.15. The number of thioether (sulfide) groups is 1. The summed E-state index contributed by atoms with van der Waals surface area (Å²) in [4.78, 5) is 16.7. The Morgan fingerprint density at radius 2 is 2.00 bits per heavy atom. The van der Waals surface area contributed by atoms with Gasteiger partial charge in [0.1, 0.15) is 0 Å². The summed E-state index contributed by atoms with van der Waals surface area (Å²) in [5.41, 5.74) is 1.71. The molecule has 0 atom stereocenters. The van der Waals surface area contributed by atoms with Crippen molar-refractivity contribution in [1.82, 2.24) is 4.90 Å². The lowest BCUT2D eigenvalue weighted by molar-refractivity contribution is 0.0784. The predicted octanol–water partition coefficient (Wildman–Crippen LogP) is 2.85. The third-order valence-electron chi connectivity index (χ3n) is 4.47. The fourth-order valence-electron chi connectivity index (χ4n) is 3.07. The van der Waals surface area contributed by atoms with Gasteiger partial charge in [-0.25, -0.2) is 17.2 Å². The van der Waals surface area contributed by atoms with E-state index in [-0.39, 0.29) is 18.2 Å². The van der Waals surface area contributed by atoms with Gasteiger partial charge in [-0.1, -0.05) is 6.07 Å². The standard InChI is InChI=1S/C18H15F2N3O3S2/c1-22(10-11-2-4-13(19)14(20)8-11)17(24)12-3-5-15-16(9-12)27-18-21-28(25,26)7-6-23(15)18/h2-5,8-9H,6-7,10H2,1H3. The number of halogens is 2. The Bertz CT molecular complexity index is 1120. The minimum atomic E-state index is -3.44. The predicted molar refractivity (Wildman–Crippen MR) is 103 cm³/mol. The van der Waals surface area contributed by atoms with Crippen molar-refractivity contribution >= 4 is 38.5 Å². The number of amides is 1. The van der Waals surface area contributed by atoms with Gasteiger partial charge in [0.25, 0.3) is 15.9 Å². The third kappa shape index (κ3) is 3.49. The number of carbonyl (C=O) groups is 1. The van der Waals surface area contributed by atoms with Gasteiger partial charge in [0, 0.05) is 30.6 Å². The number of fused-ring (bicyclic) bond motifs is 3. The van der Waals surface area contributed by atoms with Crippen LogP contribution in [0.2, 0.25) is 0 Å². The van der Waals surface area contributed by atoms with Gasteiger partial charge < -0.3 is 9.80 Å². The summed E-state index contributed by atoms with van der Waals surface area (Å²) >= 11 is 1.21. The number of nitrogens with zero attached hydrogens (tertiary/aromatic N) is 3. The maximum atomic E-state index is 13.4. The Labute approximate surface area is 164 Å². The summed E-state index contributed by atoms with van der Waals surface area (Å²) in [6, 6.07) is 8.64. The van der Waals surface area contributed by atoms with Crippen LogP contribution >= 0.6 is 11.8 Å². The number of carbonyl (C=O) groups excluding carboxylic acids is 1. The van der Waals surface area contributed by atoms with Crippen LogP contribution in [-0.2, 0) is 16.6 Å². The maximum Gasteiger partial charge on any atom is 0.257 e. The number of hydrogen-bond acceptors (Lipinski definition) is 5. The first-order valence-corrected chi connectivity index (χ1v) is 10.8. The molecular weight excluding hydrogens is 408 g/mol. The molecule has 0 fully saturated rings. The molecule has 10 heteroatoms. The van der Waals surface area contributed by atoms with Crippen molar-refractivity contribution < 1.29 is 22.0 Å². The van der Waals surface area contributed by atoms with Crippen molar-refractivity contribution in [2.24, 2.45) is 4.40 Å². The summed E-state index contributed by atoms with van der Waals surface area (Å²) in [6.07, 6.45) is 0. The Balaban J connectivity index is 1.55. The summed E-state index contributed by atoms with van der Waals surface area (Å²) in [7, 11) is -1.87. The second-order valence-electron chi connectivity index (χ2n) is 6.51. The van der Waals surface area contributed by atoms with Crippen LogP contribution in [0.15, 0.2) is 45.7 Å². The van der Waals surface area contributed by atoms with E-state index in [2.05, 4.69) is 4.40 Å². The molecule has 28 heavy (non-hydrogen) atoms. The smallest absolute Gasteiger partial charge is 0.257 e. The Morgan fingerprint density at radius 1 is 1.21 bits per heavy atom. The van der Waals surface area contributed by atoms with E-state index in [9.17, 15) is 22.0 Å². The molecular formula is C18H15F2N3O3S2. The van der Waals surface area contributed by atoms with Crippen molar-refractivity contribution in [3.63, 3.8) is 0 Å². The zero-order chi connectivity index (χ0) is 20.1. The van der Waals surface area contributed by atoms with E-state index >= 15 is 0 Å². The molecule has 2 heterocycles. The first-order valence-electron chi connectivity index (χ1n) is 8.35. The van der Waals surface area contributed by atoms with E-state index in [4.69, 9.17) is 0 Å². The summed E-state index contributed by atoms with van der Waals surface area (Å²) in [6.45, 7) is 0.446. The monoisotopic (exact) mass is 423 g/mol. The van der Waals surface area contributed by atoms with Crippen molar-refractivity contribution in [2.45, 2.75) is 11.4 Å². The van der Waals surface area contributed by atoms with Gasteiger partial charge in [0.15, 0.2) is 16.8 Å². The molecule has 0 bridgehead atoms. The first kappa shape index (κ1) is 18.9. The minimum Gasteiger partial charge on any atom is -0.337 e. The lowest BCUT2D eigenvalue weighted by Gasteiger charge is -2.22. The number of benzene rings is 2. The number of rotatable bonds is 3. The molecule has 0 unspecified atom stereocenters. The van der Waals surface area contributed by atoms with Crippen LogP contribution in [0.5, 0.6) is 0 Å². The Morgan fingerprint density at radius 3 is 2.75 bits per heavy atom. The molecule has 0 N–H and O–H groups in total. The van der Waals surface area contributed by atoms with Gasteiger partial charge in [-0.15, -0.1) is 4.40 Å². The Kier molecular flexibility index (Phi) is 4.62. The highest BCUT2D eigenvalue weighted by Gasteiger charge is 2.33. The van der Waals surface area contributed by atoms with Crippen molar-refractivity contribution in [2.75, 3.05) is 24.2 Å². The summed E-state index contributed by atoms with van der Waals surface area (Å²) in [5.74, 6) is -2.23. The second kappa shape index (κ2) is 6.85. The summed E-state index contributed by atoms with van der Waals surface area (Å²) in [5, 5.41) is 0.390. The van der Waals surface area contributed by atoms with Crippen LogP contribution < -0.4 is 4.90 Å². The van der Waals surface area contributed by atoms with E-state index in [1.807, 2.05) is 4.90 Å². The Hall–Kier alpha value is -2.46. The molecule has 2 aliphatic heterocycles. The zero-order valence-corrected chi connectivity index (χ0v) is 16.4. The van der Waals surface area contributed by atoms with Crippen LogP contribution in [0.3, 0.4) is 0 Å². The fraction of sp³-hybridized carbons (Fsp3) is 0.222. The molecule has 2 aromatic carbocycles. The molecule has 2 aliphatic rings. The molecule has 0 aliphatic carbocycles. The third-order valence-corrected chi connectivity index (χ3v) is 6.78. The van der Waals surface area contributed by atoms with Gasteiger partial charge in [0.2, 0.25) is 0 Å². The minimum absolute atomic E-state index is 0.0475. The van der Waals surface area contributed by atoms with Crippen molar-refractivity contribution in [3.05, 3.63) is 59.2 Å². The average molecular weight is 423 g/mol. The lowest BCUT2D eigenvalue weighted by Crippen LogP contribution is -2.35. The van der Waals surface area contributed by atoms with E-state index in [1.165, 1.54) is 22.7 Å². The molecule has 0 saturated heterocycles.